The molecule has 1 atom stereocenters. The first kappa shape index (κ1) is 14.8. The zero-order valence-corrected chi connectivity index (χ0v) is 11.5. The van der Waals surface area contributed by atoms with Gasteiger partial charge in [0.2, 0.25) is 0 Å². The zero-order valence-electron chi connectivity index (χ0n) is 10.7. The second kappa shape index (κ2) is 6.61. The molecule has 0 saturated heterocycles. The van der Waals surface area contributed by atoms with E-state index in [2.05, 4.69) is 5.32 Å². The fourth-order valence-corrected chi connectivity index (χ4v) is 1.99. The van der Waals surface area contributed by atoms with E-state index in [1.54, 1.807) is 25.3 Å². The second-order valence-corrected chi connectivity index (χ2v) is 4.79. The van der Waals surface area contributed by atoms with Crippen molar-refractivity contribution in [1.29, 1.82) is 0 Å². The van der Waals surface area contributed by atoms with Gasteiger partial charge in [0, 0.05) is 22.7 Å². The van der Waals surface area contributed by atoms with Crippen LogP contribution >= 0.6 is 11.6 Å². The van der Waals surface area contributed by atoms with Gasteiger partial charge in [-0.05, 0) is 18.2 Å². The van der Waals surface area contributed by atoms with Gasteiger partial charge in [-0.1, -0.05) is 25.4 Å². The van der Waals surface area contributed by atoms with Crippen molar-refractivity contribution in [3.8, 4) is 5.75 Å². The quantitative estimate of drug-likeness (QED) is 0.835. The summed E-state index contributed by atoms with van der Waals surface area (Å²) in [4.78, 5) is 10.9. The van der Waals surface area contributed by atoms with Crippen LogP contribution in [0.5, 0.6) is 5.75 Å². The fourth-order valence-electron chi connectivity index (χ4n) is 1.81. The van der Waals surface area contributed by atoms with Gasteiger partial charge in [-0.3, -0.25) is 4.79 Å². The van der Waals surface area contributed by atoms with Crippen LogP contribution in [0.3, 0.4) is 0 Å². The molecular formula is C13H18ClNO3. The molecule has 4 nitrogen and oxygen atoms in total. The highest BCUT2D eigenvalue weighted by Crippen LogP contribution is 2.30. The van der Waals surface area contributed by atoms with Crippen LogP contribution in [-0.2, 0) is 4.79 Å². The Morgan fingerprint density at radius 1 is 1.50 bits per heavy atom. The van der Waals surface area contributed by atoms with Gasteiger partial charge in [0.1, 0.15) is 5.75 Å². The van der Waals surface area contributed by atoms with E-state index < -0.39 is 5.97 Å². The van der Waals surface area contributed by atoms with Gasteiger partial charge >= 0.3 is 5.97 Å². The molecular weight excluding hydrogens is 254 g/mol. The van der Waals surface area contributed by atoms with Crippen molar-refractivity contribution in [3.05, 3.63) is 28.8 Å². The number of carboxylic acids is 1. The number of halogens is 1. The van der Waals surface area contributed by atoms with Gasteiger partial charge in [0.25, 0.3) is 0 Å². The summed E-state index contributed by atoms with van der Waals surface area (Å²) in [7, 11) is 1.56. The molecule has 5 heteroatoms. The number of hydrogen-bond donors (Lipinski definition) is 2. The maximum Gasteiger partial charge on any atom is 0.305 e. The first-order valence-corrected chi connectivity index (χ1v) is 6.13. The van der Waals surface area contributed by atoms with Crippen LogP contribution in [0, 0.1) is 0 Å². The van der Waals surface area contributed by atoms with E-state index in [4.69, 9.17) is 21.4 Å². The van der Waals surface area contributed by atoms with E-state index in [0.29, 0.717) is 10.8 Å². The Morgan fingerprint density at radius 2 is 2.17 bits per heavy atom. The standard InChI is InChI=1S/C13H18ClNO3/c1-8(2)15-11(7-13(16)17)10-6-9(14)4-5-12(10)18-3/h4-6,8,11,15H,7H2,1-3H3,(H,16,17). The van der Waals surface area contributed by atoms with Crippen LogP contribution in [0.2, 0.25) is 5.02 Å². The highest BCUT2D eigenvalue weighted by atomic mass is 35.5. The number of ether oxygens (including phenoxy) is 1. The van der Waals surface area contributed by atoms with Gasteiger partial charge in [-0.25, -0.2) is 0 Å². The maximum absolute atomic E-state index is 10.9. The molecule has 0 aromatic heterocycles. The molecule has 1 rings (SSSR count). The third-order valence-corrected chi connectivity index (χ3v) is 2.72. The Balaban J connectivity index is 3.09. The van der Waals surface area contributed by atoms with Crippen molar-refractivity contribution >= 4 is 17.6 Å². The number of nitrogens with one attached hydrogen (secondary N) is 1. The maximum atomic E-state index is 10.9. The minimum absolute atomic E-state index is 0.0190. The first-order valence-electron chi connectivity index (χ1n) is 5.75. The summed E-state index contributed by atoms with van der Waals surface area (Å²) in [6.45, 7) is 3.93. The molecule has 0 aliphatic heterocycles. The Morgan fingerprint density at radius 3 is 2.67 bits per heavy atom. The molecule has 0 spiro atoms. The molecule has 0 heterocycles. The van der Waals surface area contributed by atoms with Gasteiger partial charge in [-0.2, -0.15) is 0 Å². The van der Waals surface area contributed by atoms with Crippen molar-refractivity contribution in [2.45, 2.75) is 32.4 Å². The van der Waals surface area contributed by atoms with Crippen LogP contribution in [0.15, 0.2) is 18.2 Å². The van der Waals surface area contributed by atoms with Gasteiger partial charge in [0.15, 0.2) is 0 Å². The van der Waals surface area contributed by atoms with Crippen molar-refractivity contribution in [1.82, 2.24) is 5.32 Å². The highest BCUT2D eigenvalue weighted by molar-refractivity contribution is 6.30. The number of rotatable bonds is 6. The molecule has 0 bridgehead atoms. The SMILES string of the molecule is COc1ccc(Cl)cc1C(CC(=O)O)NC(C)C. The summed E-state index contributed by atoms with van der Waals surface area (Å²) in [6.07, 6.45) is -0.0190. The summed E-state index contributed by atoms with van der Waals surface area (Å²) in [5.41, 5.74) is 0.765. The molecule has 1 unspecified atom stereocenters. The van der Waals surface area contributed by atoms with Crippen LogP contribution in [-0.4, -0.2) is 24.2 Å². The Kier molecular flexibility index (Phi) is 5.44. The number of hydrogen-bond acceptors (Lipinski definition) is 3. The molecule has 0 fully saturated rings. The number of benzene rings is 1. The van der Waals surface area contributed by atoms with E-state index in [9.17, 15) is 4.79 Å². The Hall–Kier alpha value is -1.26. The minimum atomic E-state index is -0.866. The number of carboxylic acid groups (broad SMARTS) is 1. The lowest BCUT2D eigenvalue weighted by Gasteiger charge is -2.22. The monoisotopic (exact) mass is 271 g/mol. The van der Waals surface area contributed by atoms with Crippen molar-refractivity contribution in [2.24, 2.45) is 0 Å². The molecule has 2 N–H and O–H groups in total. The Bertz CT molecular complexity index is 421. The van der Waals surface area contributed by atoms with Gasteiger partial charge in [-0.15, -0.1) is 0 Å². The largest absolute Gasteiger partial charge is 0.496 e. The van der Waals surface area contributed by atoms with Crippen molar-refractivity contribution in [2.75, 3.05) is 7.11 Å². The van der Waals surface area contributed by atoms with Crippen LogP contribution < -0.4 is 10.1 Å². The topological polar surface area (TPSA) is 58.6 Å². The van der Waals surface area contributed by atoms with Crippen LogP contribution in [0.25, 0.3) is 0 Å². The van der Waals surface area contributed by atoms with E-state index in [-0.39, 0.29) is 18.5 Å². The van der Waals surface area contributed by atoms with E-state index >= 15 is 0 Å². The zero-order chi connectivity index (χ0) is 13.7. The van der Waals surface area contributed by atoms with Gasteiger partial charge in [0.05, 0.1) is 13.5 Å². The van der Waals surface area contributed by atoms with Gasteiger partial charge < -0.3 is 15.2 Å². The minimum Gasteiger partial charge on any atom is -0.496 e. The third-order valence-electron chi connectivity index (χ3n) is 2.48. The predicted octanol–water partition coefficient (Wildman–Crippen LogP) is 2.86. The highest BCUT2D eigenvalue weighted by Gasteiger charge is 2.20. The second-order valence-electron chi connectivity index (χ2n) is 4.36. The normalized spacial score (nSPS) is 12.5. The molecule has 0 aliphatic carbocycles. The molecule has 18 heavy (non-hydrogen) atoms. The lowest BCUT2D eigenvalue weighted by molar-refractivity contribution is -0.137. The van der Waals surface area contributed by atoms with E-state index in [0.717, 1.165) is 5.56 Å². The molecule has 0 radical (unpaired) electrons. The summed E-state index contributed by atoms with van der Waals surface area (Å²) < 4.78 is 5.25. The summed E-state index contributed by atoms with van der Waals surface area (Å²) in [5, 5.41) is 12.7. The molecule has 0 amide bonds. The lowest BCUT2D eigenvalue weighted by Crippen LogP contribution is -2.30. The predicted molar refractivity (Wildman–Crippen MR) is 71.3 cm³/mol. The summed E-state index contributed by atoms with van der Waals surface area (Å²) in [6, 6.07) is 5.05. The number of carbonyl (C=O) groups is 1. The average molecular weight is 272 g/mol. The summed E-state index contributed by atoms with van der Waals surface area (Å²) in [5.74, 6) is -0.228. The van der Waals surface area contributed by atoms with E-state index in [1.807, 2.05) is 13.8 Å². The molecule has 100 valence electrons. The Labute approximate surface area is 112 Å². The summed E-state index contributed by atoms with van der Waals surface area (Å²) >= 11 is 5.96. The van der Waals surface area contributed by atoms with Crippen molar-refractivity contribution in [3.63, 3.8) is 0 Å². The van der Waals surface area contributed by atoms with Crippen LogP contribution in [0.1, 0.15) is 31.9 Å². The molecule has 1 aromatic rings. The molecule has 0 saturated carbocycles. The number of aliphatic carboxylic acids is 1. The fraction of sp³-hybridized carbons (Fsp3) is 0.462. The molecule has 1 aromatic carbocycles. The average Bonchev–Trinajstić information content (AvgIpc) is 2.26. The number of methoxy groups -OCH3 is 1. The molecule has 0 aliphatic rings. The smallest absolute Gasteiger partial charge is 0.305 e. The van der Waals surface area contributed by atoms with Crippen molar-refractivity contribution < 1.29 is 14.6 Å². The lowest BCUT2D eigenvalue weighted by atomic mass is 10.0. The van der Waals surface area contributed by atoms with Crippen LogP contribution in [0.4, 0.5) is 0 Å². The third kappa shape index (κ3) is 4.20. The first-order chi connectivity index (χ1) is 8.43. The van der Waals surface area contributed by atoms with E-state index in [1.165, 1.54) is 0 Å².